The predicted octanol–water partition coefficient (Wildman–Crippen LogP) is 3.11. The van der Waals surface area contributed by atoms with Crippen molar-refractivity contribution in [3.05, 3.63) is 118 Å². The zero-order valence-electron chi connectivity index (χ0n) is 20.9. The highest BCUT2D eigenvalue weighted by atomic mass is 16.5. The number of ether oxygens (including phenoxy) is 1. The van der Waals surface area contributed by atoms with Gasteiger partial charge in [-0.1, -0.05) is 60.7 Å². The summed E-state index contributed by atoms with van der Waals surface area (Å²) in [5.41, 5.74) is 5.74. The standard InChI is InChI=1S/C31H27N3O3/c1-19-12-13-23-25(16-19)37-26-17-24(32-14-15-34(2)18-20-8-4-3-5-9-20)27-28(29(26)33-23)31(36)22-11-7-6-10-21(22)30(27)35/h3-13,16-17,28,32H,14-15,18H2,1-2H3/p+1. The molecule has 3 aromatic rings. The monoisotopic (exact) mass is 490 g/mol. The van der Waals surface area contributed by atoms with Crippen molar-refractivity contribution in [1.82, 2.24) is 10.2 Å². The first-order valence-electron chi connectivity index (χ1n) is 12.5. The number of nitrogens with zero attached hydrogens (tertiary/aromatic N) is 1. The number of nitrogens with one attached hydrogen (secondary N) is 2. The third-order valence-corrected chi connectivity index (χ3v) is 7.08. The molecule has 1 heterocycles. The maximum Gasteiger partial charge on any atom is 0.246 e. The molecule has 0 spiro atoms. The van der Waals surface area contributed by atoms with Gasteiger partial charge in [-0.2, -0.15) is 0 Å². The molecule has 184 valence electrons. The Morgan fingerprint density at radius 1 is 0.973 bits per heavy atom. The minimum Gasteiger partial charge on any atom is -0.444 e. The molecule has 6 rings (SSSR count). The molecule has 2 aliphatic carbocycles. The molecule has 0 radical (unpaired) electrons. The van der Waals surface area contributed by atoms with E-state index in [2.05, 4.69) is 34.4 Å². The van der Waals surface area contributed by atoms with Gasteiger partial charge in [-0.25, -0.2) is 4.99 Å². The molecule has 6 nitrogen and oxygen atoms in total. The van der Waals surface area contributed by atoms with Crippen LogP contribution in [0.2, 0.25) is 0 Å². The van der Waals surface area contributed by atoms with Crippen molar-refractivity contribution in [2.75, 3.05) is 20.1 Å². The Morgan fingerprint density at radius 3 is 2.54 bits per heavy atom. The van der Waals surface area contributed by atoms with Crippen LogP contribution in [0.4, 0.5) is 5.69 Å². The number of ketones is 2. The Balaban J connectivity index is 1.34. The molecular weight excluding hydrogens is 462 g/mol. The average Bonchev–Trinajstić information content (AvgIpc) is 2.90. The van der Waals surface area contributed by atoms with Crippen LogP contribution in [0.5, 0.6) is 5.75 Å². The molecule has 1 unspecified atom stereocenters. The number of fused-ring (bicyclic) bond motifs is 5. The molecule has 0 aromatic heterocycles. The summed E-state index contributed by atoms with van der Waals surface area (Å²) in [7, 11) is 2.07. The molecule has 1 aliphatic heterocycles. The smallest absolute Gasteiger partial charge is 0.246 e. The summed E-state index contributed by atoms with van der Waals surface area (Å²) < 4.78 is 6.29. The Kier molecular flexibility index (Phi) is 5.81. The van der Waals surface area contributed by atoms with Crippen LogP contribution in [0.3, 0.4) is 0 Å². The van der Waals surface area contributed by atoms with Crippen LogP contribution in [0.15, 0.2) is 95.9 Å². The van der Waals surface area contributed by atoms with Gasteiger partial charge in [-0.15, -0.1) is 0 Å². The number of hydrogen-bond acceptors (Lipinski definition) is 5. The van der Waals surface area contributed by atoms with Gasteiger partial charge in [0, 0.05) is 54.2 Å². The lowest BCUT2D eigenvalue weighted by Crippen LogP contribution is -2.72. The summed E-state index contributed by atoms with van der Waals surface area (Å²) in [5.74, 6) is 0.293. The number of Topliss-reactive ketones (excluding diaryl/α,β-unsaturated/α-hetero) is 2. The third-order valence-electron chi connectivity index (χ3n) is 7.08. The highest BCUT2D eigenvalue weighted by Crippen LogP contribution is 2.38. The van der Waals surface area contributed by atoms with E-state index in [1.54, 1.807) is 24.3 Å². The lowest BCUT2D eigenvalue weighted by Gasteiger charge is -2.31. The van der Waals surface area contributed by atoms with Crippen molar-refractivity contribution in [3.8, 4) is 5.75 Å². The number of carbonyl (C=O) groups is 2. The second kappa shape index (κ2) is 9.30. The highest BCUT2D eigenvalue weighted by molar-refractivity contribution is 6.32. The number of aryl methyl sites for hydroxylation is 1. The van der Waals surface area contributed by atoms with E-state index in [-0.39, 0.29) is 11.6 Å². The molecule has 6 heteroatoms. The second-order valence-electron chi connectivity index (χ2n) is 9.80. The molecule has 0 bridgehead atoms. The molecule has 1 atom stereocenters. The van der Waals surface area contributed by atoms with Crippen LogP contribution in [0.1, 0.15) is 31.8 Å². The van der Waals surface area contributed by atoms with E-state index < -0.39 is 5.92 Å². The van der Waals surface area contributed by atoms with E-state index in [0.717, 1.165) is 24.3 Å². The van der Waals surface area contributed by atoms with Gasteiger partial charge in [0.25, 0.3) is 0 Å². The van der Waals surface area contributed by atoms with Gasteiger partial charge in [0.2, 0.25) is 11.4 Å². The minimum absolute atomic E-state index is 0.0991. The first-order valence-corrected chi connectivity index (χ1v) is 12.5. The number of likely N-dealkylation sites (N-methyl/N-ethyl adjacent to an activating group) is 1. The van der Waals surface area contributed by atoms with Crippen molar-refractivity contribution < 1.29 is 19.3 Å². The van der Waals surface area contributed by atoms with Gasteiger partial charge in [0.15, 0.2) is 23.1 Å². The van der Waals surface area contributed by atoms with Crippen molar-refractivity contribution in [3.63, 3.8) is 0 Å². The topological polar surface area (TPSA) is 72.6 Å². The first kappa shape index (κ1) is 23.1. The van der Waals surface area contributed by atoms with Crippen LogP contribution in [-0.2, 0) is 6.54 Å². The van der Waals surface area contributed by atoms with E-state index in [1.807, 2.05) is 49.4 Å². The Bertz CT molecular complexity index is 1520. The predicted molar refractivity (Wildman–Crippen MR) is 142 cm³/mol. The van der Waals surface area contributed by atoms with Crippen molar-refractivity contribution in [2.24, 2.45) is 5.92 Å². The number of allylic oxidation sites excluding steroid dienone is 3. The summed E-state index contributed by atoms with van der Waals surface area (Å²) >= 11 is 0. The largest absolute Gasteiger partial charge is 0.444 e. The molecule has 0 amide bonds. The average molecular weight is 491 g/mol. The lowest BCUT2D eigenvalue weighted by molar-refractivity contribution is -0.361. The lowest BCUT2D eigenvalue weighted by atomic mass is 9.72. The summed E-state index contributed by atoms with van der Waals surface area (Å²) in [5, 5.41) is 3.46. The number of carbonyl (C=O) groups excluding carboxylic acids is 2. The van der Waals surface area contributed by atoms with E-state index in [0.29, 0.717) is 46.2 Å². The van der Waals surface area contributed by atoms with E-state index >= 15 is 0 Å². The Labute approximate surface area is 216 Å². The van der Waals surface area contributed by atoms with Crippen LogP contribution >= 0.6 is 0 Å². The van der Waals surface area contributed by atoms with Gasteiger partial charge >= 0.3 is 0 Å². The highest BCUT2D eigenvalue weighted by Gasteiger charge is 2.49. The molecule has 3 aliphatic rings. The first-order chi connectivity index (χ1) is 18.0. The molecule has 0 saturated carbocycles. The van der Waals surface area contributed by atoms with E-state index in [4.69, 9.17) is 4.74 Å². The number of benzene rings is 3. The van der Waals surface area contributed by atoms with E-state index in [9.17, 15) is 9.59 Å². The van der Waals surface area contributed by atoms with Crippen molar-refractivity contribution >= 4 is 23.0 Å². The zero-order valence-corrected chi connectivity index (χ0v) is 20.9. The molecular formula is C31H28N3O3+. The van der Waals surface area contributed by atoms with Gasteiger partial charge in [0.1, 0.15) is 5.92 Å². The SMILES string of the molecule is Cc1ccc2c(c1)OC1=CC(NCCN(C)Cc3ccccc3)=C3C(=O)c4ccccc4C(=O)C3C1=[NH+]2. The maximum atomic E-state index is 13.8. The zero-order chi connectivity index (χ0) is 25.5. The van der Waals surface area contributed by atoms with Gasteiger partial charge in [-0.05, 0) is 31.2 Å². The quantitative estimate of drug-likeness (QED) is 0.556. The molecule has 0 fully saturated rings. The second-order valence-corrected chi connectivity index (χ2v) is 9.80. The third kappa shape index (κ3) is 4.19. The van der Waals surface area contributed by atoms with Crippen LogP contribution in [0, 0.1) is 12.8 Å². The van der Waals surface area contributed by atoms with Gasteiger partial charge in [-0.3, -0.25) is 9.59 Å². The van der Waals surface area contributed by atoms with Crippen LogP contribution in [-0.4, -0.2) is 42.3 Å². The summed E-state index contributed by atoms with van der Waals surface area (Å²) in [6.45, 7) is 4.20. The molecule has 37 heavy (non-hydrogen) atoms. The van der Waals surface area contributed by atoms with Crippen LogP contribution < -0.4 is 15.0 Å². The molecule has 3 aromatic carbocycles. The fourth-order valence-corrected chi connectivity index (χ4v) is 5.24. The number of rotatable bonds is 6. The number of hydrogen-bond donors (Lipinski definition) is 2. The van der Waals surface area contributed by atoms with E-state index in [1.165, 1.54) is 5.56 Å². The fourth-order valence-electron chi connectivity index (χ4n) is 5.24. The van der Waals surface area contributed by atoms with Gasteiger partial charge < -0.3 is 15.0 Å². The maximum absolute atomic E-state index is 13.8. The minimum atomic E-state index is -0.749. The summed E-state index contributed by atoms with van der Waals surface area (Å²) in [6.07, 6.45) is 1.86. The van der Waals surface area contributed by atoms with Crippen molar-refractivity contribution in [1.29, 1.82) is 0 Å². The molecule has 2 N–H and O–H groups in total. The fraction of sp³-hybridized carbons (Fsp3) is 0.194. The summed E-state index contributed by atoms with van der Waals surface area (Å²) in [4.78, 5) is 33.2. The Hall–Kier alpha value is -4.29. The van der Waals surface area contributed by atoms with Gasteiger partial charge in [0.05, 0.1) is 0 Å². The Morgan fingerprint density at radius 2 is 1.73 bits per heavy atom. The molecule has 0 saturated heterocycles. The normalized spacial score (nSPS) is 17.8. The van der Waals surface area contributed by atoms with Crippen LogP contribution in [0.25, 0.3) is 0 Å². The summed E-state index contributed by atoms with van der Waals surface area (Å²) in [6, 6.07) is 23.3. The van der Waals surface area contributed by atoms with Crippen molar-refractivity contribution in [2.45, 2.75) is 13.5 Å².